The van der Waals surface area contributed by atoms with E-state index in [0.29, 0.717) is 6.42 Å². The number of rotatable bonds is 3. The van der Waals surface area contributed by atoms with Gasteiger partial charge in [0.05, 0.1) is 0 Å². The van der Waals surface area contributed by atoms with Crippen LogP contribution in [0.2, 0.25) is 0 Å². The normalized spacial score (nSPS) is 8.93. The number of aliphatic hydroxyl groups is 1. The van der Waals surface area contributed by atoms with Crippen LogP contribution >= 0.6 is 12.4 Å². The molecule has 0 fully saturated rings. The zero-order chi connectivity index (χ0) is 9.68. The minimum atomic E-state index is -0.0742. The highest BCUT2D eigenvalue weighted by molar-refractivity contribution is 5.89. The van der Waals surface area contributed by atoms with Crippen molar-refractivity contribution in [3.63, 3.8) is 0 Å². The molecule has 1 rings (SSSR count). The molecule has 0 bridgehead atoms. The highest BCUT2D eigenvalue weighted by atomic mass is 35.5. The molecule has 0 saturated carbocycles. The van der Waals surface area contributed by atoms with E-state index in [9.17, 15) is 0 Å². The van der Waals surface area contributed by atoms with Gasteiger partial charge in [-0.05, 0) is 24.1 Å². The first-order chi connectivity index (χ1) is 6.22. The summed E-state index contributed by atoms with van der Waals surface area (Å²) in [7, 11) is 0. The van der Waals surface area contributed by atoms with Crippen molar-refractivity contribution in [1.82, 2.24) is 0 Å². The van der Waals surface area contributed by atoms with Gasteiger partial charge >= 0.3 is 0 Å². The Labute approximate surface area is 89.0 Å². The summed E-state index contributed by atoms with van der Waals surface area (Å²) in [5.74, 6) is -0.0742. The molecule has 0 radical (unpaired) electrons. The SMILES string of the molecule is Cl.N=C(N)Nc1ccc(CCO)cc1. The molecule has 0 aromatic heterocycles. The number of hydrogen-bond donors (Lipinski definition) is 4. The maximum Gasteiger partial charge on any atom is 0.190 e. The number of hydrogen-bond acceptors (Lipinski definition) is 2. The van der Waals surface area contributed by atoms with E-state index < -0.39 is 0 Å². The van der Waals surface area contributed by atoms with Crippen LogP contribution in [-0.2, 0) is 6.42 Å². The number of aliphatic hydroxyl groups excluding tert-OH is 1. The Morgan fingerprint density at radius 3 is 2.36 bits per heavy atom. The maximum absolute atomic E-state index is 8.66. The van der Waals surface area contributed by atoms with Crippen LogP contribution in [0.4, 0.5) is 5.69 Å². The average Bonchev–Trinajstić information content (AvgIpc) is 2.08. The van der Waals surface area contributed by atoms with Crippen LogP contribution in [0, 0.1) is 5.41 Å². The van der Waals surface area contributed by atoms with Crippen molar-refractivity contribution in [2.45, 2.75) is 6.42 Å². The summed E-state index contributed by atoms with van der Waals surface area (Å²) in [6.07, 6.45) is 0.653. The van der Waals surface area contributed by atoms with E-state index >= 15 is 0 Å². The summed E-state index contributed by atoms with van der Waals surface area (Å²) >= 11 is 0. The van der Waals surface area contributed by atoms with E-state index in [1.807, 2.05) is 24.3 Å². The summed E-state index contributed by atoms with van der Waals surface area (Å²) < 4.78 is 0. The van der Waals surface area contributed by atoms with E-state index in [4.69, 9.17) is 16.2 Å². The first-order valence-corrected chi connectivity index (χ1v) is 4.03. The van der Waals surface area contributed by atoms with Gasteiger partial charge in [-0.15, -0.1) is 12.4 Å². The molecule has 0 aliphatic rings. The second kappa shape index (κ2) is 6.23. The van der Waals surface area contributed by atoms with Gasteiger partial charge in [-0.25, -0.2) is 0 Å². The van der Waals surface area contributed by atoms with Gasteiger partial charge in [0, 0.05) is 12.3 Å². The Bertz CT molecular complexity index is 287. The van der Waals surface area contributed by atoms with Crippen molar-refractivity contribution in [3.8, 4) is 0 Å². The van der Waals surface area contributed by atoms with Crippen molar-refractivity contribution in [2.75, 3.05) is 11.9 Å². The fraction of sp³-hybridized carbons (Fsp3) is 0.222. The quantitative estimate of drug-likeness (QED) is 0.448. The minimum Gasteiger partial charge on any atom is -0.396 e. The van der Waals surface area contributed by atoms with Crippen LogP contribution in [0.5, 0.6) is 0 Å². The molecule has 0 atom stereocenters. The Kier molecular flexibility index (Phi) is 5.67. The number of guanidine groups is 1. The first-order valence-electron chi connectivity index (χ1n) is 4.03. The van der Waals surface area contributed by atoms with Crippen molar-refractivity contribution in [3.05, 3.63) is 29.8 Å². The Hall–Kier alpha value is -1.26. The van der Waals surface area contributed by atoms with Gasteiger partial charge in [0.2, 0.25) is 0 Å². The second-order valence-electron chi connectivity index (χ2n) is 2.71. The largest absolute Gasteiger partial charge is 0.396 e. The van der Waals surface area contributed by atoms with Gasteiger partial charge in [0.1, 0.15) is 0 Å². The molecule has 0 unspecified atom stereocenters. The molecule has 1 aromatic rings. The lowest BCUT2D eigenvalue weighted by atomic mass is 10.1. The Morgan fingerprint density at radius 1 is 1.36 bits per heavy atom. The van der Waals surface area contributed by atoms with Crippen LogP contribution in [-0.4, -0.2) is 17.7 Å². The van der Waals surface area contributed by atoms with Gasteiger partial charge in [-0.2, -0.15) is 0 Å². The third-order valence-electron chi connectivity index (χ3n) is 1.63. The van der Waals surface area contributed by atoms with Gasteiger partial charge in [-0.1, -0.05) is 12.1 Å². The molecule has 5 heteroatoms. The van der Waals surface area contributed by atoms with Gasteiger partial charge in [0.25, 0.3) is 0 Å². The lowest BCUT2D eigenvalue weighted by molar-refractivity contribution is 0.299. The summed E-state index contributed by atoms with van der Waals surface area (Å²) in [5.41, 5.74) is 7.01. The standard InChI is InChI=1S/C9H13N3O.ClH/c10-9(11)12-8-3-1-7(2-4-8)5-6-13;/h1-4,13H,5-6H2,(H4,10,11,12);1H. The maximum atomic E-state index is 8.66. The molecule has 5 N–H and O–H groups in total. The van der Waals surface area contributed by atoms with Crippen LogP contribution < -0.4 is 11.1 Å². The van der Waals surface area contributed by atoms with Gasteiger partial charge in [-0.3, -0.25) is 5.41 Å². The fourth-order valence-electron chi connectivity index (χ4n) is 1.04. The van der Waals surface area contributed by atoms with Gasteiger partial charge in [0.15, 0.2) is 5.96 Å². The molecule has 14 heavy (non-hydrogen) atoms. The molecule has 0 aliphatic heterocycles. The lowest BCUT2D eigenvalue weighted by Gasteiger charge is -2.04. The van der Waals surface area contributed by atoms with Crippen molar-refractivity contribution >= 4 is 24.1 Å². The number of anilines is 1. The molecular weight excluding hydrogens is 202 g/mol. The zero-order valence-corrected chi connectivity index (χ0v) is 8.47. The number of halogens is 1. The molecule has 0 spiro atoms. The predicted octanol–water partition coefficient (Wildman–Crippen LogP) is 0.949. The van der Waals surface area contributed by atoms with Crippen LogP contribution in [0.15, 0.2) is 24.3 Å². The van der Waals surface area contributed by atoms with Crippen molar-refractivity contribution < 1.29 is 5.11 Å². The van der Waals surface area contributed by atoms with Crippen LogP contribution in [0.1, 0.15) is 5.56 Å². The van der Waals surface area contributed by atoms with Crippen LogP contribution in [0.25, 0.3) is 0 Å². The fourth-order valence-corrected chi connectivity index (χ4v) is 1.04. The molecule has 0 heterocycles. The first kappa shape index (κ1) is 12.7. The Balaban J connectivity index is 0.00000169. The lowest BCUT2D eigenvalue weighted by Crippen LogP contribution is -2.20. The highest BCUT2D eigenvalue weighted by Crippen LogP contribution is 2.08. The number of nitrogens with two attached hydrogens (primary N) is 1. The second-order valence-corrected chi connectivity index (χ2v) is 2.71. The predicted molar refractivity (Wildman–Crippen MR) is 60.0 cm³/mol. The van der Waals surface area contributed by atoms with E-state index in [1.165, 1.54) is 0 Å². The topological polar surface area (TPSA) is 82.1 Å². The van der Waals surface area contributed by atoms with Crippen molar-refractivity contribution in [1.29, 1.82) is 5.41 Å². The van der Waals surface area contributed by atoms with E-state index in [2.05, 4.69) is 5.32 Å². The molecule has 0 aliphatic carbocycles. The zero-order valence-electron chi connectivity index (χ0n) is 7.66. The van der Waals surface area contributed by atoms with E-state index in [-0.39, 0.29) is 25.0 Å². The number of nitrogens with one attached hydrogen (secondary N) is 2. The minimum absolute atomic E-state index is 0. The number of benzene rings is 1. The summed E-state index contributed by atoms with van der Waals surface area (Å²) in [5, 5.41) is 18.3. The summed E-state index contributed by atoms with van der Waals surface area (Å²) in [6, 6.07) is 7.43. The molecule has 0 saturated heterocycles. The molecular formula is C9H14ClN3O. The van der Waals surface area contributed by atoms with Crippen LogP contribution in [0.3, 0.4) is 0 Å². The molecule has 1 aromatic carbocycles. The monoisotopic (exact) mass is 215 g/mol. The summed E-state index contributed by atoms with van der Waals surface area (Å²) in [4.78, 5) is 0. The third kappa shape index (κ3) is 4.11. The molecule has 0 amide bonds. The van der Waals surface area contributed by atoms with E-state index in [1.54, 1.807) is 0 Å². The van der Waals surface area contributed by atoms with E-state index in [0.717, 1.165) is 11.3 Å². The third-order valence-corrected chi connectivity index (χ3v) is 1.63. The smallest absolute Gasteiger partial charge is 0.190 e. The van der Waals surface area contributed by atoms with Crippen molar-refractivity contribution in [2.24, 2.45) is 5.73 Å². The molecule has 4 nitrogen and oxygen atoms in total. The summed E-state index contributed by atoms with van der Waals surface area (Å²) in [6.45, 7) is 0.152. The Morgan fingerprint density at radius 2 is 1.93 bits per heavy atom. The average molecular weight is 216 g/mol. The van der Waals surface area contributed by atoms with Gasteiger partial charge < -0.3 is 16.2 Å². The molecule has 78 valence electrons. The highest BCUT2D eigenvalue weighted by Gasteiger charge is 1.94.